The zero-order valence-corrected chi connectivity index (χ0v) is 20.5. The molecular weight excluding hydrogens is 456 g/mol. The number of Topliss-reactive ketones (excluding diaryl/α,β-unsaturated/α-hetero) is 1. The molecule has 0 unspecified atom stereocenters. The van der Waals surface area contributed by atoms with Gasteiger partial charge < -0.3 is 23.8 Å². The molecule has 1 N–H and O–H groups in total. The number of anilines is 1. The van der Waals surface area contributed by atoms with Crippen LogP contribution in [0.1, 0.15) is 54.9 Å². The molecule has 8 nitrogen and oxygen atoms in total. The Morgan fingerprint density at radius 2 is 2.03 bits per heavy atom. The van der Waals surface area contributed by atoms with E-state index in [2.05, 4.69) is 10.5 Å². The minimum atomic E-state index is -0.0324. The van der Waals surface area contributed by atoms with Gasteiger partial charge in [-0.05, 0) is 61.6 Å². The minimum Gasteiger partial charge on any atom is -0.494 e. The number of methoxy groups -OCH3 is 2. The molecule has 0 radical (unpaired) electrons. The number of carbonyl (C=O) groups is 2. The van der Waals surface area contributed by atoms with Crippen molar-refractivity contribution >= 4 is 35.6 Å². The van der Waals surface area contributed by atoms with Crippen molar-refractivity contribution in [3.8, 4) is 17.2 Å². The van der Waals surface area contributed by atoms with E-state index in [4.69, 9.17) is 18.5 Å². The Morgan fingerprint density at radius 3 is 2.79 bits per heavy atom. The van der Waals surface area contributed by atoms with Crippen LogP contribution >= 0.6 is 12.0 Å². The van der Waals surface area contributed by atoms with Crippen molar-refractivity contribution in [3.63, 3.8) is 0 Å². The van der Waals surface area contributed by atoms with Crippen LogP contribution < -0.4 is 19.5 Å². The highest BCUT2D eigenvalue weighted by Crippen LogP contribution is 2.39. The predicted octanol–water partition coefficient (Wildman–Crippen LogP) is 5.44. The maximum absolute atomic E-state index is 12.7. The van der Waals surface area contributed by atoms with Gasteiger partial charge in [0.15, 0.2) is 17.3 Å². The Labute approximate surface area is 204 Å². The molecule has 1 aliphatic rings. The summed E-state index contributed by atoms with van der Waals surface area (Å²) in [6, 6.07) is 9.22. The second-order valence-electron chi connectivity index (χ2n) is 7.65. The highest BCUT2D eigenvalue weighted by Gasteiger charge is 2.22. The number of aryl methyl sites for hydroxylation is 1. The standard InChI is InChI=1S/C25H30N2O6S/c1-4-7-20(28)24-22(12-11-21(30-2)25(24)31-3)34-33-26-14-5-6-15-32-18-9-10-19-17(16-18)8-13-23(29)27-19/h9-12,14,16H,4-8,13,15H2,1-3H3,(H,27,29). The van der Waals surface area contributed by atoms with Crippen molar-refractivity contribution < 1.29 is 28.1 Å². The summed E-state index contributed by atoms with van der Waals surface area (Å²) < 4.78 is 21.9. The number of nitrogens with one attached hydrogen (secondary N) is 1. The Balaban J connectivity index is 1.46. The van der Waals surface area contributed by atoms with Crippen LogP contribution in [0, 0.1) is 0 Å². The molecule has 0 aliphatic carbocycles. The Kier molecular flexibility index (Phi) is 9.63. The number of hydrogen-bond acceptors (Lipinski definition) is 8. The monoisotopic (exact) mass is 486 g/mol. The van der Waals surface area contributed by atoms with Crippen LogP contribution in [0.2, 0.25) is 0 Å². The van der Waals surface area contributed by atoms with Gasteiger partial charge in [-0.25, -0.2) is 0 Å². The van der Waals surface area contributed by atoms with Crippen LogP contribution in [0.3, 0.4) is 0 Å². The Bertz CT molecular complexity index is 1040. The van der Waals surface area contributed by atoms with Crippen molar-refractivity contribution in [1.82, 2.24) is 0 Å². The molecule has 1 heterocycles. The fourth-order valence-corrected chi connectivity index (χ4v) is 4.15. The van der Waals surface area contributed by atoms with Crippen molar-refractivity contribution in [1.29, 1.82) is 0 Å². The molecule has 9 heteroatoms. The van der Waals surface area contributed by atoms with Gasteiger partial charge in [0.25, 0.3) is 0 Å². The number of ketones is 1. The molecule has 0 spiro atoms. The number of rotatable bonds is 13. The summed E-state index contributed by atoms with van der Waals surface area (Å²) in [6.07, 6.45) is 5.48. The summed E-state index contributed by atoms with van der Waals surface area (Å²) in [7, 11) is 3.05. The summed E-state index contributed by atoms with van der Waals surface area (Å²) in [4.78, 5) is 24.7. The van der Waals surface area contributed by atoms with Crippen LogP contribution in [-0.4, -0.2) is 38.7 Å². The van der Waals surface area contributed by atoms with E-state index in [-0.39, 0.29) is 11.7 Å². The molecule has 2 aromatic carbocycles. The molecule has 0 bridgehead atoms. The van der Waals surface area contributed by atoms with Gasteiger partial charge in [-0.15, -0.1) is 0 Å². The van der Waals surface area contributed by atoms with Crippen molar-refractivity contribution in [2.75, 3.05) is 26.1 Å². The topological polar surface area (TPSA) is 95.5 Å². The highest BCUT2D eigenvalue weighted by molar-refractivity contribution is 7.94. The number of benzene rings is 2. The average Bonchev–Trinajstić information content (AvgIpc) is 2.85. The number of fused-ring (bicyclic) bond motifs is 1. The predicted molar refractivity (Wildman–Crippen MR) is 132 cm³/mol. The molecule has 2 aromatic rings. The van der Waals surface area contributed by atoms with Gasteiger partial charge >= 0.3 is 0 Å². The number of carbonyl (C=O) groups excluding carboxylic acids is 2. The molecule has 0 aromatic heterocycles. The van der Waals surface area contributed by atoms with Gasteiger partial charge in [0.2, 0.25) is 5.91 Å². The van der Waals surface area contributed by atoms with Crippen LogP contribution in [0.5, 0.6) is 17.2 Å². The molecule has 34 heavy (non-hydrogen) atoms. The van der Waals surface area contributed by atoms with E-state index in [0.717, 1.165) is 48.3 Å². The molecular formula is C25H30N2O6S. The fourth-order valence-electron chi connectivity index (χ4n) is 3.55. The largest absolute Gasteiger partial charge is 0.494 e. The van der Waals surface area contributed by atoms with Crippen LogP contribution in [0.4, 0.5) is 5.69 Å². The van der Waals surface area contributed by atoms with Gasteiger partial charge in [0.1, 0.15) is 17.8 Å². The minimum absolute atomic E-state index is 0.0324. The van der Waals surface area contributed by atoms with E-state index in [0.29, 0.717) is 47.8 Å². The van der Waals surface area contributed by atoms with Gasteiger partial charge in [0.05, 0.1) is 31.3 Å². The smallest absolute Gasteiger partial charge is 0.224 e. The number of hydrogen-bond donors (Lipinski definition) is 1. The van der Waals surface area contributed by atoms with Crippen LogP contribution in [-0.2, 0) is 15.5 Å². The highest BCUT2D eigenvalue weighted by atomic mass is 32.2. The number of oxime groups is 1. The molecule has 0 saturated heterocycles. The summed E-state index contributed by atoms with van der Waals surface area (Å²) >= 11 is 1.01. The average molecular weight is 487 g/mol. The molecule has 3 rings (SSSR count). The lowest BCUT2D eigenvalue weighted by molar-refractivity contribution is -0.116. The lowest BCUT2D eigenvalue weighted by Crippen LogP contribution is -2.18. The maximum atomic E-state index is 12.7. The van der Waals surface area contributed by atoms with Crippen molar-refractivity contribution in [2.24, 2.45) is 5.16 Å². The van der Waals surface area contributed by atoms with Crippen molar-refractivity contribution in [3.05, 3.63) is 41.5 Å². The lowest BCUT2D eigenvalue weighted by Gasteiger charge is -2.17. The fraction of sp³-hybridized carbons (Fsp3) is 0.400. The summed E-state index contributed by atoms with van der Waals surface area (Å²) in [5.74, 6) is 1.71. The second kappa shape index (κ2) is 12.9. The number of ether oxygens (including phenoxy) is 3. The summed E-state index contributed by atoms with van der Waals surface area (Å²) in [5.41, 5.74) is 2.40. The zero-order valence-electron chi connectivity index (χ0n) is 19.7. The quantitative estimate of drug-likeness (QED) is 0.132. The summed E-state index contributed by atoms with van der Waals surface area (Å²) in [5, 5.41) is 6.84. The first-order chi connectivity index (χ1) is 16.6. The van der Waals surface area contributed by atoms with Gasteiger partial charge in [-0.1, -0.05) is 12.1 Å². The third-order valence-electron chi connectivity index (χ3n) is 5.23. The van der Waals surface area contributed by atoms with E-state index < -0.39 is 0 Å². The normalized spacial score (nSPS) is 12.7. The van der Waals surface area contributed by atoms with Crippen molar-refractivity contribution in [2.45, 2.75) is 50.3 Å². The third kappa shape index (κ3) is 6.66. The van der Waals surface area contributed by atoms with E-state index in [1.807, 2.05) is 25.1 Å². The Morgan fingerprint density at radius 1 is 1.18 bits per heavy atom. The van der Waals surface area contributed by atoms with E-state index in [1.165, 1.54) is 14.2 Å². The molecule has 1 amide bonds. The van der Waals surface area contributed by atoms with Gasteiger partial charge in [-0.2, -0.15) is 0 Å². The number of amides is 1. The molecule has 1 aliphatic heterocycles. The third-order valence-corrected chi connectivity index (χ3v) is 5.91. The first kappa shape index (κ1) is 25.4. The van der Waals surface area contributed by atoms with E-state index >= 15 is 0 Å². The Hall–Kier alpha value is -3.20. The SMILES string of the molecule is CCCC(=O)c1c(SON=CCCCOc2ccc3c(c2)CCC(=O)N3)ccc(OC)c1OC. The van der Waals surface area contributed by atoms with Gasteiger partial charge in [-0.3, -0.25) is 9.59 Å². The zero-order chi connectivity index (χ0) is 24.3. The molecule has 182 valence electrons. The molecule has 0 fully saturated rings. The first-order valence-electron chi connectivity index (χ1n) is 11.3. The summed E-state index contributed by atoms with van der Waals surface area (Å²) in [6.45, 7) is 2.49. The first-order valence-corrected chi connectivity index (χ1v) is 12.0. The van der Waals surface area contributed by atoms with Crippen LogP contribution in [0.25, 0.3) is 0 Å². The number of nitrogens with zero attached hydrogens (tertiary/aromatic N) is 1. The maximum Gasteiger partial charge on any atom is 0.224 e. The second-order valence-corrected chi connectivity index (χ2v) is 8.41. The van der Waals surface area contributed by atoms with Crippen LogP contribution in [0.15, 0.2) is 40.4 Å². The van der Waals surface area contributed by atoms with E-state index in [1.54, 1.807) is 18.3 Å². The number of unbranched alkanes of at least 4 members (excludes halogenated alkanes) is 1. The lowest BCUT2D eigenvalue weighted by atomic mass is 10.0. The molecule has 0 saturated carbocycles. The molecule has 0 atom stereocenters. The van der Waals surface area contributed by atoms with E-state index in [9.17, 15) is 9.59 Å². The van der Waals surface area contributed by atoms with Gasteiger partial charge in [0, 0.05) is 24.7 Å².